The molecule has 0 aliphatic heterocycles. The van der Waals surface area contributed by atoms with Gasteiger partial charge < -0.3 is 4.74 Å². The minimum atomic E-state index is -0.276. The van der Waals surface area contributed by atoms with E-state index in [-0.39, 0.29) is 5.82 Å². The van der Waals surface area contributed by atoms with Gasteiger partial charge in [0.15, 0.2) is 0 Å². The molecule has 0 atom stereocenters. The van der Waals surface area contributed by atoms with Crippen LogP contribution < -0.4 is 4.74 Å². The molecular weight excluding hydrogens is 259 g/mol. The van der Waals surface area contributed by atoms with E-state index in [1.807, 2.05) is 6.07 Å². The zero-order chi connectivity index (χ0) is 10.7. The van der Waals surface area contributed by atoms with Crippen LogP contribution in [0.25, 0.3) is 0 Å². The zero-order valence-corrected chi connectivity index (χ0v) is 9.29. The van der Waals surface area contributed by atoms with Crippen LogP contribution in [0.3, 0.4) is 0 Å². The molecule has 0 N–H and O–H groups in total. The Morgan fingerprint density at radius 1 is 1.07 bits per heavy atom. The third-order valence-corrected chi connectivity index (χ3v) is 2.28. The highest BCUT2D eigenvalue weighted by molar-refractivity contribution is 9.10. The van der Waals surface area contributed by atoms with E-state index in [2.05, 4.69) is 22.0 Å². The maximum atomic E-state index is 12.6. The van der Waals surface area contributed by atoms with Gasteiger partial charge in [-0.15, -0.1) is 0 Å². The number of ether oxygens (including phenoxy) is 1. The van der Waals surface area contributed by atoms with Crippen molar-refractivity contribution < 1.29 is 9.13 Å². The molecule has 2 aromatic rings. The van der Waals surface area contributed by atoms with Gasteiger partial charge in [-0.1, -0.05) is 15.9 Å². The van der Waals surface area contributed by atoms with Crippen molar-refractivity contribution in [2.24, 2.45) is 0 Å². The Hall–Kier alpha value is -1.35. The third kappa shape index (κ3) is 2.80. The average molecular weight is 266 g/mol. The van der Waals surface area contributed by atoms with Gasteiger partial charge in [0.05, 0.1) is 0 Å². The van der Waals surface area contributed by atoms with Crippen molar-refractivity contribution in [2.45, 2.75) is 0 Å². The van der Waals surface area contributed by atoms with Crippen molar-refractivity contribution in [3.63, 3.8) is 0 Å². The number of halogens is 2. The fraction of sp³-hybridized carbons (Fsp3) is 0. The van der Waals surface area contributed by atoms with Gasteiger partial charge in [-0.2, -0.15) is 0 Å². The van der Waals surface area contributed by atoms with Crippen LogP contribution in [0.15, 0.2) is 46.9 Å². The fourth-order valence-corrected chi connectivity index (χ4v) is 1.33. The normalized spacial score (nSPS) is 10.0. The fourth-order valence-electron chi connectivity index (χ4n) is 1.08. The van der Waals surface area contributed by atoms with Crippen LogP contribution in [0.2, 0.25) is 0 Å². The molecule has 1 nitrogen and oxygen atoms in total. The highest BCUT2D eigenvalue weighted by Gasteiger charge is 1.97. The largest absolute Gasteiger partial charge is 0.457 e. The molecule has 0 saturated carbocycles. The molecule has 0 aromatic heterocycles. The lowest BCUT2D eigenvalue weighted by atomic mass is 10.3. The molecule has 0 aliphatic rings. The minimum Gasteiger partial charge on any atom is -0.457 e. The van der Waals surface area contributed by atoms with E-state index in [1.54, 1.807) is 24.3 Å². The van der Waals surface area contributed by atoms with Crippen LogP contribution in [0, 0.1) is 11.9 Å². The predicted molar refractivity (Wildman–Crippen MR) is 59.5 cm³/mol. The topological polar surface area (TPSA) is 9.23 Å². The van der Waals surface area contributed by atoms with Crippen LogP contribution in [0.1, 0.15) is 0 Å². The summed E-state index contributed by atoms with van der Waals surface area (Å²) >= 11 is 3.30. The monoisotopic (exact) mass is 265 g/mol. The summed E-state index contributed by atoms with van der Waals surface area (Å²) in [4.78, 5) is 0. The smallest absolute Gasteiger partial charge is 0.135 e. The van der Waals surface area contributed by atoms with Crippen molar-refractivity contribution in [3.8, 4) is 11.5 Å². The summed E-state index contributed by atoms with van der Waals surface area (Å²) in [5, 5.41) is 0. The van der Waals surface area contributed by atoms with Crippen LogP contribution >= 0.6 is 15.9 Å². The maximum Gasteiger partial charge on any atom is 0.135 e. The Balaban J connectivity index is 2.15. The van der Waals surface area contributed by atoms with Gasteiger partial charge in [-0.05, 0) is 42.5 Å². The Kier molecular flexibility index (Phi) is 3.02. The molecule has 3 heteroatoms. The SMILES string of the molecule is Fc1ccc(Oc2[c]cc(Br)cc2)cc1. The summed E-state index contributed by atoms with van der Waals surface area (Å²) in [6.45, 7) is 0. The average Bonchev–Trinajstić information content (AvgIpc) is 2.25. The predicted octanol–water partition coefficient (Wildman–Crippen LogP) is 4.18. The lowest BCUT2D eigenvalue weighted by Crippen LogP contribution is -1.84. The van der Waals surface area contributed by atoms with Crippen LogP contribution in [0.5, 0.6) is 11.5 Å². The van der Waals surface area contributed by atoms with Gasteiger partial charge in [0.2, 0.25) is 0 Å². The molecule has 0 bridgehead atoms. The van der Waals surface area contributed by atoms with Crippen molar-refractivity contribution in [2.75, 3.05) is 0 Å². The molecule has 1 radical (unpaired) electrons. The highest BCUT2D eigenvalue weighted by atomic mass is 79.9. The second-order valence-electron chi connectivity index (χ2n) is 2.93. The standard InChI is InChI=1S/C12H7BrFO/c13-9-1-5-11(6-2-9)15-12-7-3-10(14)4-8-12/h1-5,7-8H. The van der Waals surface area contributed by atoms with Gasteiger partial charge in [-0.3, -0.25) is 0 Å². The summed E-state index contributed by atoms with van der Waals surface area (Å²) in [7, 11) is 0. The lowest BCUT2D eigenvalue weighted by molar-refractivity contribution is 0.479. The van der Waals surface area contributed by atoms with Crippen LogP contribution in [0.4, 0.5) is 4.39 Å². The van der Waals surface area contributed by atoms with E-state index in [0.717, 1.165) is 4.47 Å². The second-order valence-corrected chi connectivity index (χ2v) is 3.84. The molecule has 0 aliphatic carbocycles. The van der Waals surface area contributed by atoms with E-state index in [4.69, 9.17) is 4.74 Å². The molecule has 15 heavy (non-hydrogen) atoms. The van der Waals surface area contributed by atoms with Gasteiger partial charge in [0.25, 0.3) is 0 Å². The molecule has 0 unspecified atom stereocenters. The molecule has 0 spiro atoms. The van der Waals surface area contributed by atoms with Crippen LogP contribution in [-0.2, 0) is 0 Å². The lowest BCUT2D eigenvalue weighted by Gasteiger charge is -2.04. The molecule has 0 heterocycles. The molecule has 2 aromatic carbocycles. The maximum absolute atomic E-state index is 12.6. The molecule has 2 rings (SSSR count). The number of benzene rings is 2. The van der Waals surface area contributed by atoms with E-state index < -0.39 is 0 Å². The minimum absolute atomic E-state index is 0.276. The van der Waals surface area contributed by atoms with Gasteiger partial charge >= 0.3 is 0 Å². The second kappa shape index (κ2) is 4.45. The van der Waals surface area contributed by atoms with Gasteiger partial charge in [-0.25, -0.2) is 4.39 Å². The van der Waals surface area contributed by atoms with Gasteiger partial charge in [0, 0.05) is 10.5 Å². The summed E-state index contributed by atoms with van der Waals surface area (Å²) in [6, 6.07) is 14.2. The Labute approximate surface area is 95.6 Å². The first kappa shape index (κ1) is 10.2. The van der Waals surface area contributed by atoms with E-state index >= 15 is 0 Å². The van der Waals surface area contributed by atoms with E-state index in [0.29, 0.717) is 11.5 Å². The Morgan fingerprint density at radius 3 is 2.40 bits per heavy atom. The van der Waals surface area contributed by atoms with Crippen molar-refractivity contribution >= 4 is 15.9 Å². The Bertz CT molecular complexity index is 393. The quantitative estimate of drug-likeness (QED) is 0.792. The first-order chi connectivity index (χ1) is 7.24. The number of rotatable bonds is 2. The highest BCUT2D eigenvalue weighted by Crippen LogP contribution is 2.22. The van der Waals surface area contributed by atoms with Crippen molar-refractivity contribution in [1.82, 2.24) is 0 Å². The van der Waals surface area contributed by atoms with Crippen molar-refractivity contribution in [3.05, 3.63) is 58.8 Å². The Morgan fingerprint density at radius 2 is 1.80 bits per heavy atom. The molecular formula is C12H7BrFO. The molecule has 0 saturated heterocycles. The third-order valence-electron chi connectivity index (χ3n) is 1.79. The van der Waals surface area contributed by atoms with Crippen molar-refractivity contribution in [1.29, 1.82) is 0 Å². The number of hydrogen-bond donors (Lipinski definition) is 0. The molecule has 0 amide bonds. The molecule has 0 fully saturated rings. The summed E-state index contributed by atoms with van der Waals surface area (Å²) in [5.41, 5.74) is 0. The number of hydrogen-bond acceptors (Lipinski definition) is 1. The first-order valence-corrected chi connectivity index (χ1v) is 5.14. The van der Waals surface area contributed by atoms with Gasteiger partial charge in [0.1, 0.15) is 17.3 Å². The van der Waals surface area contributed by atoms with E-state index in [1.165, 1.54) is 12.1 Å². The molecule has 75 valence electrons. The first-order valence-electron chi connectivity index (χ1n) is 4.35. The summed E-state index contributed by atoms with van der Waals surface area (Å²) in [5.74, 6) is 0.918. The summed E-state index contributed by atoms with van der Waals surface area (Å²) in [6.07, 6.45) is 0. The summed E-state index contributed by atoms with van der Waals surface area (Å²) < 4.78 is 19.0. The van der Waals surface area contributed by atoms with Crippen LogP contribution in [-0.4, -0.2) is 0 Å². The van der Waals surface area contributed by atoms with E-state index in [9.17, 15) is 4.39 Å². The zero-order valence-electron chi connectivity index (χ0n) is 7.71.